The van der Waals surface area contributed by atoms with Gasteiger partial charge in [-0.2, -0.15) is 0 Å². The Bertz CT molecular complexity index is 600. The predicted octanol–water partition coefficient (Wildman–Crippen LogP) is 4.56. The molecule has 0 aliphatic heterocycles. The first-order valence-electron chi connectivity index (χ1n) is 8.21. The Morgan fingerprint density at radius 2 is 1.88 bits per heavy atom. The molecule has 1 amide bonds. The van der Waals surface area contributed by atoms with E-state index in [1.807, 2.05) is 0 Å². The molecule has 25 heavy (non-hydrogen) atoms. The Kier molecular flexibility index (Phi) is 7.77. The van der Waals surface area contributed by atoms with Crippen molar-refractivity contribution in [1.29, 1.82) is 0 Å². The minimum atomic E-state index is -1.86. The molecule has 1 atom stereocenters. The summed E-state index contributed by atoms with van der Waals surface area (Å²) in [4.78, 5) is 22.2. The number of carbonyl (C=O) groups is 1. The summed E-state index contributed by atoms with van der Waals surface area (Å²) in [7, 11) is -1.86. The summed E-state index contributed by atoms with van der Waals surface area (Å²) in [5, 5.41) is 14.1. The maximum Gasteiger partial charge on any atom is 0.269 e. The molecule has 0 bridgehead atoms. The number of nitro benzene ring substituents is 1. The van der Waals surface area contributed by atoms with E-state index >= 15 is 0 Å². The quantitative estimate of drug-likeness (QED) is 0.283. The first kappa shape index (κ1) is 21.8. The zero-order valence-electron chi connectivity index (χ0n) is 15.5. The van der Waals surface area contributed by atoms with Crippen LogP contribution in [0.25, 0.3) is 0 Å². The van der Waals surface area contributed by atoms with Crippen molar-refractivity contribution in [3.8, 4) is 0 Å². The summed E-state index contributed by atoms with van der Waals surface area (Å²) in [5.41, 5.74) is 0.866. The summed E-state index contributed by atoms with van der Waals surface area (Å²) in [6.07, 6.45) is 0.614. The van der Waals surface area contributed by atoms with Crippen molar-refractivity contribution in [2.45, 2.75) is 51.4 Å². The summed E-state index contributed by atoms with van der Waals surface area (Å²) in [6.45, 7) is 11.4. The van der Waals surface area contributed by atoms with E-state index in [4.69, 9.17) is 4.43 Å². The highest BCUT2D eigenvalue weighted by atomic mass is 79.9. The second-order valence-corrected chi connectivity index (χ2v) is 12.9. The van der Waals surface area contributed by atoms with Crippen molar-refractivity contribution >= 4 is 35.8 Å². The van der Waals surface area contributed by atoms with Gasteiger partial charge in [-0.05, 0) is 30.1 Å². The number of nitro groups is 1. The van der Waals surface area contributed by atoms with Crippen LogP contribution in [0.2, 0.25) is 18.1 Å². The van der Waals surface area contributed by atoms with Crippen LogP contribution in [-0.4, -0.2) is 31.1 Å². The highest BCUT2D eigenvalue weighted by molar-refractivity contribution is 9.09. The number of alkyl halides is 1. The lowest BCUT2D eigenvalue weighted by molar-refractivity contribution is -0.384. The highest BCUT2D eigenvalue weighted by Crippen LogP contribution is 2.36. The van der Waals surface area contributed by atoms with Gasteiger partial charge in [0.05, 0.1) is 16.3 Å². The Labute approximate surface area is 158 Å². The van der Waals surface area contributed by atoms with Crippen LogP contribution in [0.3, 0.4) is 0 Å². The first-order chi connectivity index (χ1) is 11.5. The minimum absolute atomic E-state index is 0.0341. The van der Waals surface area contributed by atoms with Crippen LogP contribution in [0.1, 0.15) is 38.8 Å². The minimum Gasteiger partial charge on any atom is -0.417 e. The Balaban J connectivity index is 2.83. The molecule has 140 valence electrons. The van der Waals surface area contributed by atoms with Crippen molar-refractivity contribution in [2.75, 3.05) is 11.9 Å². The lowest BCUT2D eigenvalue weighted by Crippen LogP contribution is -2.41. The first-order valence-corrected chi connectivity index (χ1v) is 12.2. The van der Waals surface area contributed by atoms with Gasteiger partial charge in [0, 0.05) is 18.7 Å². The van der Waals surface area contributed by atoms with Crippen LogP contribution in [0, 0.1) is 10.1 Å². The molecule has 0 aromatic heterocycles. The maximum atomic E-state index is 11.8. The molecular weight excluding hydrogens is 404 g/mol. The lowest BCUT2D eigenvalue weighted by atomic mass is 10.0. The number of non-ortho nitro benzene ring substituents is 1. The van der Waals surface area contributed by atoms with Gasteiger partial charge in [-0.3, -0.25) is 14.9 Å². The van der Waals surface area contributed by atoms with Gasteiger partial charge >= 0.3 is 0 Å². The van der Waals surface area contributed by atoms with E-state index in [9.17, 15) is 14.9 Å². The van der Waals surface area contributed by atoms with Crippen LogP contribution < -0.4 is 5.32 Å². The number of halogens is 1. The predicted molar refractivity (Wildman–Crippen MR) is 106 cm³/mol. The molecule has 0 aliphatic rings. The highest BCUT2D eigenvalue weighted by Gasteiger charge is 2.37. The average Bonchev–Trinajstić information content (AvgIpc) is 2.52. The second kappa shape index (κ2) is 8.91. The molecule has 1 unspecified atom stereocenters. The Morgan fingerprint density at radius 1 is 1.32 bits per heavy atom. The molecule has 0 saturated heterocycles. The third-order valence-corrected chi connectivity index (χ3v) is 9.69. The Hall–Kier alpha value is -1.25. The Morgan fingerprint density at radius 3 is 2.32 bits per heavy atom. The van der Waals surface area contributed by atoms with Crippen molar-refractivity contribution in [3.63, 3.8) is 0 Å². The summed E-state index contributed by atoms with van der Waals surface area (Å²) < 4.78 is 6.19. The van der Waals surface area contributed by atoms with E-state index in [0.717, 1.165) is 5.56 Å². The molecule has 0 fully saturated rings. The maximum absolute atomic E-state index is 11.8. The molecule has 6 nitrogen and oxygen atoms in total. The lowest BCUT2D eigenvalue weighted by Gasteiger charge is -2.36. The summed E-state index contributed by atoms with van der Waals surface area (Å²) in [5.74, 6) is -0.129. The molecule has 0 heterocycles. The molecular formula is C17H27BrN2O4Si. The van der Waals surface area contributed by atoms with Crippen LogP contribution in [-0.2, 0) is 9.22 Å². The van der Waals surface area contributed by atoms with Crippen molar-refractivity contribution in [3.05, 3.63) is 39.9 Å². The van der Waals surface area contributed by atoms with Crippen LogP contribution in [0.4, 0.5) is 5.69 Å². The number of hydrogen-bond donors (Lipinski definition) is 1. The number of nitrogens with one attached hydrogen (secondary N) is 1. The number of amides is 1. The molecule has 0 spiro atoms. The van der Waals surface area contributed by atoms with Gasteiger partial charge in [-0.15, -0.1) is 0 Å². The molecule has 1 aromatic carbocycles. The number of benzene rings is 1. The number of nitrogens with zero attached hydrogens (tertiary/aromatic N) is 1. The number of rotatable bonds is 8. The third-order valence-electron chi connectivity index (χ3n) is 4.64. The SMILES string of the molecule is CC(C)(C)[Si](C)(C)OCCC(NC(=O)CBr)c1ccc([N+](=O)[O-])cc1. The monoisotopic (exact) mass is 430 g/mol. The molecule has 8 heteroatoms. The van der Waals surface area contributed by atoms with Crippen molar-refractivity contribution in [1.82, 2.24) is 5.32 Å². The van der Waals surface area contributed by atoms with Crippen LogP contribution in [0.15, 0.2) is 24.3 Å². The smallest absolute Gasteiger partial charge is 0.269 e. The van der Waals surface area contributed by atoms with Crippen LogP contribution >= 0.6 is 15.9 Å². The van der Waals surface area contributed by atoms with E-state index in [0.29, 0.717) is 13.0 Å². The topological polar surface area (TPSA) is 81.5 Å². The number of hydrogen-bond acceptors (Lipinski definition) is 4. The summed E-state index contributed by atoms with van der Waals surface area (Å²) >= 11 is 3.15. The molecule has 1 N–H and O–H groups in total. The van der Waals surface area contributed by atoms with Crippen molar-refractivity contribution < 1.29 is 14.1 Å². The van der Waals surface area contributed by atoms with Gasteiger partial charge in [-0.1, -0.05) is 48.8 Å². The van der Waals surface area contributed by atoms with Gasteiger partial charge in [-0.25, -0.2) is 0 Å². The van der Waals surface area contributed by atoms with E-state index in [2.05, 4.69) is 55.1 Å². The van der Waals surface area contributed by atoms with E-state index in [1.165, 1.54) is 12.1 Å². The second-order valence-electron chi connectivity index (χ2n) is 7.50. The van der Waals surface area contributed by atoms with Gasteiger partial charge in [0.15, 0.2) is 8.32 Å². The van der Waals surface area contributed by atoms with E-state index < -0.39 is 13.2 Å². The van der Waals surface area contributed by atoms with E-state index in [-0.39, 0.29) is 28.0 Å². The fourth-order valence-electron chi connectivity index (χ4n) is 2.03. The van der Waals surface area contributed by atoms with Gasteiger partial charge in [0.2, 0.25) is 5.91 Å². The fourth-order valence-corrected chi connectivity index (χ4v) is 3.25. The average molecular weight is 431 g/mol. The normalized spacial score (nSPS) is 13.4. The summed E-state index contributed by atoms with van der Waals surface area (Å²) in [6, 6.07) is 6.04. The molecule has 1 aromatic rings. The van der Waals surface area contributed by atoms with Gasteiger partial charge < -0.3 is 9.74 Å². The molecule has 1 rings (SSSR count). The van der Waals surface area contributed by atoms with Crippen molar-refractivity contribution in [2.24, 2.45) is 0 Å². The number of carbonyl (C=O) groups excluding carboxylic acids is 1. The zero-order valence-corrected chi connectivity index (χ0v) is 18.1. The molecule has 0 saturated carbocycles. The van der Waals surface area contributed by atoms with Crippen LogP contribution in [0.5, 0.6) is 0 Å². The molecule has 0 radical (unpaired) electrons. The van der Waals surface area contributed by atoms with Gasteiger partial charge in [0.1, 0.15) is 0 Å². The fraction of sp³-hybridized carbons (Fsp3) is 0.588. The largest absolute Gasteiger partial charge is 0.417 e. The van der Waals surface area contributed by atoms with Gasteiger partial charge in [0.25, 0.3) is 5.69 Å². The molecule has 0 aliphatic carbocycles. The van der Waals surface area contributed by atoms with E-state index in [1.54, 1.807) is 12.1 Å². The zero-order chi connectivity index (χ0) is 19.3. The third kappa shape index (κ3) is 6.52. The standard InChI is InChI=1S/C17H27BrN2O4Si/c1-17(2,3)25(4,5)24-11-10-15(19-16(21)12-18)13-6-8-14(9-7-13)20(22)23/h6-9,15H,10-12H2,1-5H3,(H,19,21).